The molecule has 1 saturated heterocycles. The molecule has 1 heterocycles. The van der Waals surface area contributed by atoms with Crippen molar-refractivity contribution in [3.05, 3.63) is 74.7 Å². The number of hydrogen-bond acceptors (Lipinski definition) is 5. The van der Waals surface area contributed by atoms with Crippen molar-refractivity contribution in [2.24, 2.45) is 0 Å². The molecular formula is C22H19BrN2O3S. The summed E-state index contributed by atoms with van der Waals surface area (Å²) in [6.07, 6.45) is 0.490. The fraction of sp³-hybridized carbons (Fsp3) is 0.227. The van der Waals surface area contributed by atoms with Crippen molar-refractivity contribution in [2.45, 2.75) is 25.5 Å². The van der Waals surface area contributed by atoms with Crippen LogP contribution in [0.2, 0.25) is 0 Å². The number of nitriles is 1. The van der Waals surface area contributed by atoms with Gasteiger partial charge in [0.1, 0.15) is 11.1 Å². The molecule has 148 valence electrons. The number of benzene rings is 2. The molecule has 0 saturated carbocycles. The summed E-state index contributed by atoms with van der Waals surface area (Å²) >= 11 is 4.64. The molecule has 0 N–H and O–H groups in total. The first kappa shape index (κ1) is 21.2. The Balaban J connectivity index is 2.02. The van der Waals surface area contributed by atoms with Crippen molar-refractivity contribution >= 4 is 45.3 Å². The number of rotatable bonds is 5. The van der Waals surface area contributed by atoms with Gasteiger partial charge in [0.25, 0.3) is 0 Å². The number of esters is 1. The summed E-state index contributed by atoms with van der Waals surface area (Å²) in [6.45, 7) is 3.79. The van der Waals surface area contributed by atoms with Crippen LogP contribution in [-0.2, 0) is 20.7 Å². The van der Waals surface area contributed by atoms with Gasteiger partial charge in [-0.25, -0.2) is 4.79 Å². The Hall–Kier alpha value is -2.56. The van der Waals surface area contributed by atoms with E-state index in [4.69, 9.17) is 4.74 Å². The fourth-order valence-corrected chi connectivity index (χ4v) is 4.50. The summed E-state index contributed by atoms with van der Waals surface area (Å²) in [7, 11) is 0. The minimum Gasteiger partial charge on any atom is -0.462 e. The maximum atomic E-state index is 13.3. The number of anilines is 1. The van der Waals surface area contributed by atoms with E-state index >= 15 is 0 Å². The zero-order chi connectivity index (χ0) is 21.0. The number of thioether (sulfide) groups is 1. The molecule has 1 atom stereocenters. The number of halogens is 1. The molecule has 0 spiro atoms. The average Bonchev–Trinajstić information content (AvgIpc) is 3.01. The topological polar surface area (TPSA) is 70.4 Å². The Morgan fingerprint density at radius 3 is 2.45 bits per heavy atom. The van der Waals surface area contributed by atoms with Gasteiger partial charge in [0.05, 0.1) is 11.9 Å². The summed E-state index contributed by atoms with van der Waals surface area (Å²) in [6, 6.07) is 17.1. The highest BCUT2D eigenvalue weighted by molar-refractivity contribution is 9.10. The van der Waals surface area contributed by atoms with Crippen LogP contribution in [0.1, 0.15) is 18.1 Å². The smallest absolute Gasteiger partial charge is 0.351 e. The van der Waals surface area contributed by atoms with E-state index in [2.05, 4.69) is 15.9 Å². The van der Waals surface area contributed by atoms with Crippen LogP contribution in [0.5, 0.6) is 0 Å². The van der Waals surface area contributed by atoms with Gasteiger partial charge < -0.3 is 4.74 Å². The standard InChI is InChI=1S/C22H19BrN2O3S/c1-3-28-22(27)18(13-24)21-25(17-10-4-14(2)5-11-17)20(26)19(29-21)12-15-6-8-16(23)9-7-15/h4-11,19H,3,12H2,1-2H3/b21-18-. The number of carbonyl (C=O) groups excluding carboxylic acids is 2. The maximum Gasteiger partial charge on any atom is 0.351 e. The molecule has 1 fully saturated rings. The first-order chi connectivity index (χ1) is 13.9. The Labute approximate surface area is 182 Å². The van der Waals surface area contributed by atoms with Gasteiger partial charge in [-0.3, -0.25) is 9.69 Å². The summed E-state index contributed by atoms with van der Waals surface area (Å²) in [4.78, 5) is 27.1. The maximum absolute atomic E-state index is 13.3. The van der Waals surface area contributed by atoms with Crippen molar-refractivity contribution in [3.8, 4) is 6.07 Å². The minimum atomic E-state index is -0.716. The number of amides is 1. The van der Waals surface area contributed by atoms with E-state index in [-0.39, 0.29) is 18.1 Å². The lowest BCUT2D eigenvalue weighted by Crippen LogP contribution is -2.30. The van der Waals surface area contributed by atoms with E-state index in [1.54, 1.807) is 6.92 Å². The van der Waals surface area contributed by atoms with E-state index in [0.717, 1.165) is 15.6 Å². The normalized spacial score (nSPS) is 17.8. The Morgan fingerprint density at radius 2 is 1.86 bits per heavy atom. The predicted octanol–water partition coefficient (Wildman–Crippen LogP) is 4.75. The van der Waals surface area contributed by atoms with Crippen molar-refractivity contribution in [3.63, 3.8) is 0 Å². The SMILES string of the molecule is CCOC(=O)/C(C#N)=C1\SC(Cc2ccc(Br)cc2)C(=O)N1c1ccc(C)cc1. The van der Waals surface area contributed by atoms with E-state index in [1.165, 1.54) is 16.7 Å². The highest BCUT2D eigenvalue weighted by atomic mass is 79.9. The van der Waals surface area contributed by atoms with Gasteiger partial charge in [0, 0.05) is 10.2 Å². The first-order valence-corrected chi connectivity index (χ1v) is 10.7. The molecule has 0 bridgehead atoms. The molecule has 1 aliphatic rings. The van der Waals surface area contributed by atoms with E-state index in [0.29, 0.717) is 17.1 Å². The zero-order valence-corrected chi connectivity index (χ0v) is 18.4. The van der Waals surface area contributed by atoms with Crippen LogP contribution < -0.4 is 4.90 Å². The third-order valence-corrected chi connectivity index (χ3v) is 6.18. The van der Waals surface area contributed by atoms with Crippen LogP contribution in [0.25, 0.3) is 0 Å². The molecule has 2 aromatic rings. The molecular weight excluding hydrogens is 452 g/mol. The van der Waals surface area contributed by atoms with Gasteiger partial charge in [-0.05, 0) is 50.1 Å². The highest BCUT2D eigenvalue weighted by Gasteiger charge is 2.41. The first-order valence-electron chi connectivity index (χ1n) is 9.07. The largest absolute Gasteiger partial charge is 0.462 e. The molecule has 5 nitrogen and oxygen atoms in total. The van der Waals surface area contributed by atoms with Crippen molar-refractivity contribution in [1.29, 1.82) is 5.26 Å². The van der Waals surface area contributed by atoms with Crippen molar-refractivity contribution in [1.82, 2.24) is 0 Å². The van der Waals surface area contributed by atoms with Crippen LogP contribution in [0.4, 0.5) is 5.69 Å². The lowest BCUT2D eigenvalue weighted by atomic mass is 10.1. The Morgan fingerprint density at radius 1 is 1.21 bits per heavy atom. The molecule has 7 heteroatoms. The highest BCUT2D eigenvalue weighted by Crippen LogP contribution is 2.42. The predicted molar refractivity (Wildman–Crippen MR) is 117 cm³/mol. The van der Waals surface area contributed by atoms with Gasteiger partial charge in [0.2, 0.25) is 5.91 Å². The summed E-state index contributed by atoms with van der Waals surface area (Å²) in [5, 5.41) is 9.50. The Kier molecular flexibility index (Phi) is 6.78. The van der Waals surface area contributed by atoms with Crippen molar-refractivity contribution < 1.29 is 14.3 Å². The third kappa shape index (κ3) is 4.72. The number of ether oxygens (including phenoxy) is 1. The fourth-order valence-electron chi connectivity index (χ4n) is 2.94. The average molecular weight is 471 g/mol. The van der Waals surface area contributed by atoms with Gasteiger partial charge in [-0.1, -0.05) is 57.5 Å². The number of nitrogens with zero attached hydrogens (tertiary/aromatic N) is 2. The molecule has 0 aromatic heterocycles. The van der Waals surface area contributed by atoms with Gasteiger partial charge in [-0.2, -0.15) is 5.26 Å². The van der Waals surface area contributed by atoms with E-state index in [1.807, 2.05) is 61.5 Å². The summed E-state index contributed by atoms with van der Waals surface area (Å²) in [5.74, 6) is -0.875. The number of carbonyl (C=O) groups is 2. The molecule has 1 aliphatic heterocycles. The lowest BCUT2D eigenvalue weighted by Gasteiger charge is -2.18. The summed E-state index contributed by atoms with van der Waals surface area (Å²) < 4.78 is 6.00. The van der Waals surface area contributed by atoms with Crippen molar-refractivity contribution in [2.75, 3.05) is 11.5 Å². The van der Waals surface area contributed by atoms with E-state index < -0.39 is 11.2 Å². The van der Waals surface area contributed by atoms with Crippen LogP contribution in [0.15, 0.2) is 63.6 Å². The van der Waals surface area contributed by atoms with E-state index in [9.17, 15) is 14.9 Å². The molecule has 1 unspecified atom stereocenters. The molecule has 0 aliphatic carbocycles. The number of aryl methyl sites for hydroxylation is 1. The second-order valence-electron chi connectivity index (χ2n) is 6.46. The van der Waals surface area contributed by atoms with Crippen LogP contribution in [-0.4, -0.2) is 23.7 Å². The number of hydrogen-bond donors (Lipinski definition) is 0. The molecule has 3 rings (SSSR count). The minimum absolute atomic E-state index is 0.149. The molecule has 29 heavy (non-hydrogen) atoms. The summed E-state index contributed by atoms with van der Waals surface area (Å²) in [5.41, 5.74) is 2.53. The van der Waals surface area contributed by atoms with Gasteiger partial charge in [0.15, 0.2) is 5.57 Å². The molecule has 1 amide bonds. The second-order valence-corrected chi connectivity index (χ2v) is 8.57. The van der Waals surface area contributed by atoms with Gasteiger partial charge in [-0.15, -0.1) is 0 Å². The molecule has 0 radical (unpaired) electrons. The zero-order valence-electron chi connectivity index (χ0n) is 16.0. The Bertz CT molecular complexity index is 994. The van der Waals surface area contributed by atoms with Crippen LogP contribution >= 0.6 is 27.7 Å². The molecule has 2 aromatic carbocycles. The van der Waals surface area contributed by atoms with Gasteiger partial charge >= 0.3 is 5.97 Å². The quantitative estimate of drug-likeness (QED) is 0.358. The lowest BCUT2D eigenvalue weighted by molar-refractivity contribution is -0.138. The second kappa shape index (κ2) is 9.29. The van der Waals surface area contributed by atoms with Crippen LogP contribution in [0.3, 0.4) is 0 Å². The monoisotopic (exact) mass is 470 g/mol. The van der Waals surface area contributed by atoms with Crippen LogP contribution in [0, 0.1) is 18.3 Å². The third-order valence-electron chi connectivity index (χ3n) is 4.38.